The maximum absolute atomic E-state index is 13.2. The van der Waals surface area contributed by atoms with E-state index in [1.165, 1.54) is 29.2 Å². The van der Waals surface area contributed by atoms with Crippen molar-refractivity contribution in [2.75, 3.05) is 11.9 Å². The Morgan fingerprint density at radius 2 is 2.04 bits per heavy atom. The van der Waals surface area contributed by atoms with Crippen LogP contribution in [0.25, 0.3) is 6.08 Å². The number of allylic oxidation sites excluding steroid dienone is 1. The number of hydrogen-bond acceptors (Lipinski definition) is 5. The van der Waals surface area contributed by atoms with Crippen LogP contribution in [0.15, 0.2) is 54.2 Å². The highest BCUT2D eigenvalue weighted by atomic mass is 35.5. The number of nitrogens with one attached hydrogen (secondary N) is 2. The number of anilines is 2. The molecule has 0 amide bonds. The van der Waals surface area contributed by atoms with Crippen LogP contribution in [0, 0.1) is 5.82 Å². The van der Waals surface area contributed by atoms with Gasteiger partial charge in [-0.05, 0) is 37.1 Å². The lowest BCUT2D eigenvalue weighted by Crippen LogP contribution is -2.14. The Labute approximate surface area is 160 Å². The Morgan fingerprint density at radius 3 is 2.81 bits per heavy atom. The highest BCUT2D eigenvalue weighted by Gasteiger charge is 2.05. The van der Waals surface area contributed by atoms with E-state index in [1.54, 1.807) is 6.07 Å². The Bertz CT molecular complexity index is 896. The minimum atomic E-state index is -0.449. The van der Waals surface area contributed by atoms with E-state index in [0.717, 1.165) is 18.7 Å². The number of halogens is 2. The Balaban J connectivity index is 1.54. The van der Waals surface area contributed by atoms with E-state index in [1.807, 2.05) is 31.2 Å². The molecule has 1 aromatic heterocycles. The minimum absolute atomic E-state index is 0.0677. The summed E-state index contributed by atoms with van der Waals surface area (Å²) in [4.78, 5) is 4.41. The van der Waals surface area contributed by atoms with Crippen molar-refractivity contribution in [2.24, 2.45) is 0 Å². The fourth-order valence-corrected chi connectivity index (χ4v) is 3.09. The van der Waals surface area contributed by atoms with Crippen LogP contribution in [0.1, 0.15) is 18.3 Å². The fourth-order valence-electron chi connectivity index (χ4n) is 2.33. The largest absolute Gasteiger partial charge is 0.388 e. The molecule has 0 aliphatic rings. The van der Waals surface area contributed by atoms with Crippen LogP contribution in [-0.4, -0.2) is 15.9 Å². The standard InChI is InChI=1S/C19H18ClFN4S/c1-13(22-10-9-14-5-3-2-4-6-14)11-18-24-19(26-25-18)23-15-7-8-17(21)16(20)12-15/h2-8,11-12,22H,9-10H2,1H3,(H,23,24,25). The molecule has 0 radical (unpaired) electrons. The first-order chi connectivity index (χ1) is 12.6. The maximum Gasteiger partial charge on any atom is 0.207 e. The van der Waals surface area contributed by atoms with Gasteiger partial charge in [-0.25, -0.2) is 4.39 Å². The van der Waals surface area contributed by atoms with Gasteiger partial charge in [0, 0.05) is 35.5 Å². The molecule has 2 N–H and O–H groups in total. The third-order valence-electron chi connectivity index (χ3n) is 3.62. The Hall–Kier alpha value is -2.44. The predicted molar refractivity (Wildman–Crippen MR) is 106 cm³/mol. The molecule has 0 saturated carbocycles. The SMILES string of the molecule is CC(=Cc1nsc(Nc2ccc(F)c(Cl)c2)n1)NCCc1ccccc1. The maximum atomic E-state index is 13.2. The molecule has 1 heterocycles. The van der Waals surface area contributed by atoms with Crippen molar-refractivity contribution in [3.8, 4) is 0 Å². The molecule has 3 aromatic rings. The van der Waals surface area contributed by atoms with Gasteiger partial charge >= 0.3 is 0 Å². The van der Waals surface area contributed by atoms with Gasteiger partial charge in [-0.3, -0.25) is 0 Å². The average molecular weight is 389 g/mol. The van der Waals surface area contributed by atoms with Crippen molar-refractivity contribution >= 4 is 40.0 Å². The predicted octanol–water partition coefficient (Wildman–Crippen LogP) is 5.27. The lowest BCUT2D eigenvalue weighted by molar-refractivity contribution is 0.628. The summed E-state index contributed by atoms with van der Waals surface area (Å²) in [5.74, 6) is 0.172. The first-order valence-electron chi connectivity index (χ1n) is 8.12. The average Bonchev–Trinajstić information content (AvgIpc) is 3.06. The molecule has 0 unspecified atom stereocenters. The van der Waals surface area contributed by atoms with E-state index >= 15 is 0 Å². The first-order valence-corrected chi connectivity index (χ1v) is 9.27. The second-order valence-corrected chi connectivity index (χ2v) is 6.86. The molecule has 0 aliphatic heterocycles. The van der Waals surface area contributed by atoms with Gasteiger partial charge in [-0.2, -0.15) is 9.36 Å². The molecule has 3 rings (SSSR count). The van der Waals surface area contributed by atoms with Crippen LogP contribution in [0.5, 0.6) is 0 Å². The summed E-state index contributed by atoms with van der Waals surface area (Å²) >= 11 is 7.02. The number of benzene rings is 2. The Kier molecular flexibility index (Phi) is 6.20. The Morgan fingerprint density at radius 1 is 1.23 bits per heavy atom. The molecule has 0 atom stereocenters. The normalized spacial score (nSPS) is 11.4. The molecule has 0 fully saturated rings. The van der Waals surface area contributed by atoms with Gasteiger partial charge in [0.05, 0.1) is 5.02 Å². The van der Waals surface area contributed by atoms with Gasteiger partial charge in [0.25, 0.3) is 0 Å². The zero-order valence-electron chi connectivity index (χ0n) is 14.2. The van der Waals surface area contributed by atoms with Gasteiger partial charge in [0.15, 0.2) is 5.82 Å². The zero-order chi connectivity index (χ0) is 18.4. The second kappa shape index (κ2) is 8.78. The van der Waals surface area contributed by atoms with Gasteiger partial charge < -0.3 is 10.6 Å². The van der Waals surface area contributed by atoms with E-state index in [2.05, 4.69) is 32.1 Å². The van der Waals surface area contributed by atoms with Crippen LogP contribution < -0.4 is 10.6 Å². The van der Waals surface area contributed by atoms with Crippen molar-refractivity contribution < 1.29 is 4.39 Å². The molecule has 0 spiro atoms. The van der Waals surface area contributed by atoms with Gasteiger partial charge in [0.1, 0.15) is 5.82 Å². The lowest BCUT2D eigenvalue weighted by Gasteiger charge is -2.06. The monoisotopic (exact) mass is 388 g/mol. The van der Waals surface area contributed by atoms with Crippen molar-refractivity contribution in [1.29, 1.82) is 0 Å². The van der Waals surface area contributed by atoms with E-state index in [4.69, 9.17) is 11.6 Å². The molecule has 7 heteroatoms. The van der Waals surface area contributed by atoms with E-state index in [-0.39, 0.29) is 5.02 Å². The third kappa shape index (κ3) is 5.28. The molecule has 0 aliphatic carbocycles. The molecular formula is C19H18ClFN4S. The number of aromatic nitrogens is 2. The van der Waals surface area contributed by atoms with Gasteiger partial charge in [0.2, 0.25) is 5.13 Å². The molecule has 2 aromatic carbocycles. The summed E-state index contributed by atoms with van der Waals surface area (Å²) in [6, 6.07) is 14.8. The summed E-state index contributed by atoms with van der Waals surface area (Å²) in [5.41, 5.74) is 2.96. The van der Waals surface area contributed by atoms with Crippen LogP contribution in [0.3, 0.4) is 0 Å². The minimum Gasteiger partial charge on any atom is -0.388 e. The van der Waals surface area contributed by atoms with Crippen LogP contribution in [0.2, 0.25) is 5.02 Å². The highest BCUT2D eigenvalue weighted by Crippen LogP contribution is 2.23. The lowest BCUT2D eigenvalue weighted by atomic mass is 10.1. The van der Waals surface area contributed by atoms with Crippen molar-refractivity contribution in [2.45, 2.75) is 13.3 Å². The topological polar surface area (TPSA) is 49.8 Å². The number of rotatable bonds is 7. The molecule has 4 nitrogen and oxygen atoms in total. The molecular weight excluding hydrogens is 371 g/mol. The summed E-state index contributed by atoms with van der Waals surface area (Å²) in [7, 11) is 0. The summed E-state index contributed by atoms with van der Waals surface area (Å²) in [6.07, 6.45) is 2.85. The summed E-state index contributed by atoms with van der Waals surface area (Å²) in [5, 5.41) is 7.12. The third-order valence-corrected chi connectivity index (χ3v) is 4.55. The number of hydrogen-bond donors (Lipinski definition) is 2. The molecule has 134 valence electrons. The molecule has 0 bridgehead atoms. The van der Waals surface area contributed by atoms with Crippen LogP contribution >= 0.6 is 23.1 Å². The molecule has 26 heavy (non-hydrogen) atoms. The van der Waals surface area contributed by atoms with Crippen molar-refractivity contribution in [3.63, 3.8) is 0 Å². The van der Waals surface area contributed by atoms with Gasteiger partial charge in [-0.1, -0.05) is 41.9 Å². The zero-order valence-corrected chi connectivity index (χ0v) is 15.7. The molecule has 0 saturated heterocycles. The fraction of sp³-hybridized carbons (Fsp3) is 0.158. The van der Waals surface area contributed by atoms with Crippen LogP contribution in [-0.2, 0) is 6.42 Å². The van der Waals surface area contributed by atoms with Gasteiger partial charge in [-0.15, -0.1) is 0 Å². The van der Waals surface area contributed by atoms with Crippen molar-refractivity contribution in [3.05, 3.63) is 76.5 Å². The second-order valence-electron chi connectivity index (χ2n) is 5.70. The van der Waals surface area contributed by atoms with E-state index < -0.39 is 5.82 Å². The smallest absolute Gasteiger partial charge is 0.207 e. The summed E-state index contributed by atoms with van der Waals surface area (Å²) in [6.45, 7) is 2.83. The first kappa shape index (κ1) is 18.4. The van der Waals surface area contributed by atoms with Crippen LogP contribution in [0.4, 0.5) is 15.2 Å². The number of nitrogens with zero attached hydrogens (tertiary/aromatic N) is 2. The highest BCUT2D eigenvalue weighted by molar-refractivity contribution is 7.09. The summed E-state index contributed by atoms with van der Waals surface area (Å²) < 4.78 is 17.5. The van der Waals surface area contributed by atoms with E-state index in [0.29, 0.717) is 16.6 Å². The quantitative estimate of drug-likeness (QED) is 0.579. The van der Waals surface area contributed by atoms with E-state index in [9.17, 15) is 4.39 Å². The van der Waals surface area contributed by atoms with Crippen molar-refractivity contribution in [1.82, 2.24) is 14.7 Å².